The summed E-state index contributed by atoms with van der Waals surface area (Å²) < 4.78 is 5.39. The van der Waals surface area contributed by atoms with Gasteiger partial charge in [0.15, 0.2) is 0 Å². The maximum Gasteiger partial charge on any atom is 0.127 e. The summed E-state index contributed by atoms with van der Waals surface area (Å²) in [6.45, 7) is 13.6. The van der Waals surface area contributed by atoms with Crippen LogP contribution in [0, 0.1) is 5.41 Å². The van der Waals surface area contributed by atoms with Gasteiger partial charge in [-0.15, -0.1) is 0 Å². The van der Waals surface area contributed by atoms with Crippen molar-refractivity contribution in [3.63, 3.8) is 0 Å². The molecule has 0 amide bonds. The van der Waals surface area contributed by atoms with Gasteiger partial charge in [0.1, 0.15) is 6.29 Å². The van der Waals surface area contributed by atoms with Crippen LogP contribution in [0.15, 0.2) is 0 Å². The Labute approximate surface area is 117 Å². The Balaban J connectivity index is 1.86. The van der Waals surface area contributed by atoms with E-state index in [0.29, 0.717) is 0 Å². The SMILES string of the molecule is CC(C)(C)N1CCN(CC2(C=O)CCOCC2)CC1. The predicted molar refractivity (Wildman–Crippen MR) is 76.3 cm³/mol. The third-order valence-corrected chi connectivity index (χ3v) is 4.60. The maximum atomic E-state index is 11.5. The standard InChI is InChI=1S/C15H28N2O2/c1-14(2,3)17-8-6-16(7-9-17)12-15(13-18)4-10-19-11-5-15/h13H,4-12H2,1-3H3. The molecular formula is C15H28N2O2. The molecule has 4 nitrogen and oxygen atoms in total. The summed E-state index contributed by atoms with van der Waals surface area (Å²) >= 11 is 0. The van der Waals surface area contributed by atoms with Crippen LogP contribution in [0.4, 0.5) is 0 Å². The normalized spacial score (nSPS) is 26.3. The first-order valence-electron chi connectivity index (χ1n) is 7.47. The Bertz CT molecular complexity index is 298. The zero-order valence-electron chi connectivity index (χ0n) is 12.7. The summed E-state index contributed by atoms with van der Waals surface area (Å²) in [5, 5.41) is 0. The molecule has 0 atom stereocenters. The molecular weight excluding hydrogens is 240 g/mol. The van der Waals surface area contributed by atoms with Crippen LogP contribution >= 0.6 is 0 Å². The fourth-order valence-electron chi connectivity index (χ4n) is 3.11. The summed E-state index contributed by atoms with van der Waals surface area (Å²) in [4.78, 5) is 16.5. The van der Waals surface area contributed by atoms with Gasteiger partial charge in [-0.2, -0.15) is 0 Å². The number of piperazine rings is 1. The zero-order chi connectivity index (χ0) is 13.9. The van der Waals surface area contributed by atoms with Gasteiger partial charge in [-0.05, 0) is 33.6 Å². The van der Waals surface area contributed by atoms with Crippen molar-refractivity contribution in [3.05, 3.63) is 0 Å². The van der Waals surface area contributed by atoms with Gasteiger partial charge in [0.2, 0.25) is 0 Å². The van der Waals surface area contributed by atoms with Crippen molar-refractivity contribution in [1.82, 2.24) is 9.80 Å². The second-order valence-corrected chi connectivity index (χ2v) is 7.03. The topological polar surface area (TPSA) is 32.8 Å². The lowest BCUT2D eigenvalue weighted by Gasteiger charge is -2.45. The van der Waals surface area contributed by atoms with E-state index in [-0.39, 0.29) is 11.0 Å². The molecule has 0 saturated carbocycles. The van der Waals surface area contributed by atoms with Gasteiger partial charge < -0.3 is 9.53 Å². The van der Waals surface area contributed by atoms with Crippen molar-refractivity contribution < 1.29 is 9.53 Å². The monoisotopic (exact) mass is 268 g/mol. The van der Waals surface area contributed by atoms with Crippen molar-refractivity contribution in [2.45, 2.75) is 39.2 Å². The minimum absolute atomic E-state index is 0.151. The molecule has 19 heavy (non-hydrogen) atoms. The number of nitrogens with zero attached hydrogens (tertiary/aromatic N) is 2. The molecule has 0 radical (unpaired) electrons. The van der Waals surface area contributed by atoms with Crippen LogP contribution in [0.2, 0.25) is 0 Å². The van der Waals surface area contributed by atoms with E-state index in [1.165, 1.54) is 6.29 Å². The molecule has 0 aromatic rings. The Hall–Kier alpha value is -0.450. The van der Waals surface area contributed by atoms with Gasteiger partial charge in [0.25, 0.3) is 0 Å². The van der Waals surface area contributed by atoms with E-state index in [1.54, 1.807) is 0 Å². The molecule has 4 heteroatoms. The first kappa shape index (κ1) is 14.9. The molecule has 0 aliphatic carbocycles. The molecule has 0 spiro atoms. The van der Waals surface area contributed by atoms with E-state index < -0.39 is 0 Å². The van der Waals surface area contributed by atoms with Crippen molar-refractivity contribution in [2.24, 2.45) is 5.41 Å². The van der Waals surface area contributed by atoms with Crippen LogP contribution in [0.25, 0.3) is 0 Å². The molecule has 2 aliphatic heterocycles. The third kappa shape index (κ3) is 3.77. The quantitative estimate of drug-likeness (QED) is 0.724. The average molecular weight is 268 g/mol. The zero-order valence-corrected chi connectivity index (χ0v) is 12.7. The number of aldehydes is 1. The molecule has 0 aromatic heterocycles. The van der Waals surface area contributed by atoms with Crippen LogP contribution in [-0.4, -0.2) is 67.6 Å². The van der Waals surface area contributed by atoms with Crippen molar-refractivity contribution in [2.75, 3.05) is 45.9 Å². The first-order chi connectivity index (χ1) is 8.95. The molecule has 2 rings (SSSR count). The summed E-state index contributed by atoms with van der Waals surface area (Å²) in [6.07, 6.45) is 2.96. The number of ether oxygens (including phenoxy) is 1. The maximum absolute atomic E-state index is 11.5. The van der Waals surface area contributed by atoms with Crippen molar-refractivity contribution in [3.8, 4) is 0 Å². The fraction of sp³-hybridized carbons (Fsp3) is 0.933. The second-order valence-electron chi connectivity index (χ2n) is 7.03. The van der Waals surface area contributed by atoms with E-state index in [9.17, 15) is 4.79 Å². The first-order valence-corrected chi connectivity index (χ1v) is 7.47. The number of hydrogen-bond donors (Lipinski definition) is 0. The summed E-state index contributed by atoms with van der Waals surface area (Å²) in [6, 6.07) is 0. The van der Waals surface area contributed by atoms with Crippen molar-refractivity contribution in [1.29, 1.82) is 0 Å². The van der Waals surface area contributed by atoms with Gasteiger partial charge in [0.05, 0.1) is 0 Å². The minimum Gasteiger partial charge on any atom is -0.381 e. The summed E-state index contributed by atoms with van der Waals surface area (Å²) in [5.74, 6) is 0. The molecule has 0 aromatic carbocycles. The molecule has 0 unspecified atom stereocenters. The highest BCUT2D eigenvalue weighted by Crippen LogP contribution is 2.30. The van der Waals surface area contributed by atoms with Crippen LogP contribution in [0.1, 0.15) is 33.6 Å². The highest BCUT2D eigenvalue weighted by atomic mass is 16.5. The molecule has 0 N–H and O–H groups in total. The van der Waals surface area contributed by atoms with Crippen LogP contribution in [0.3, 0.4) is 0 Å². The van der Waals surface area contributed by atoms with Gasteiger partial charge in [0, 0.05) is 56.9 Å². The Morgan fingerprint density at radius 2 is 1.68 bits per heavy atom. The van der Waals surface area contributed by atoms with Gasteiger partial charge in [-0.1, -0.05) is 0 Å². The summed E-state index contributed by atoms with van der Waals surface area (Å²) in [5.41, 5.74) is 0.106. The highest BCUT2D eigenvalue weighted by molar-refractivity contribution is 5.60. The van der Waals surface area contributed by atoms with E-state index >= 15 is 0 Å². The Kier molecular flexibility index (Phi) is 4.64. The predicted octanol–water partition coefficient (Wildman–Crippen LogP) is 1.40. The van der Waals surface area contributed by atoms with E-state index in [0.717, 1.165) is 58.8 Å². The van der Waals surface area contributed by atoms with Crippen molar-refractivity contribution >= 4 is 6.29 Å². The molecule has 2 heterocycles. The smallest absolute Gasteiger partial charge is 0.127 e. The number of rotatable bonds is 3. The van der Waals surface area contributed by atoms with E-state index in [4.69, 9.17) is 4.74 Å². The minimum atomic E-state index is -0.151. The highest BCUT2D eigenvalue weighted by Gasteiger charge is 2.35. The van der Waals surface area contributed by atoms with E-state index in [2.05, 4.69) is 30.6 Å². The molecule has 0 bridgehead atoms. The molecule has 2 fully saturated rings. The molecule has 110 valence electrons. The Morgan fingerprint density at radius 1 is 1.11 bits per heavy atom. The van der Waals surface area contributed by atoms with E-state index in [1.807, 2.05) is 0 Å². The van der Waals surface area contributed by atoms with Crippen LogP contribution < -0.4 is 0 Å². The largest absolute Gasteiger partial charge is 0.381 e. The number of hydrogen-bond acceptors (Lipinski definition) is 4. The number of carbonyl (C=O) groups excluding carboxylic acids is 1. The third-order valence-electron chi connectivity index (χ3n) is 4.60. The lowest BCUT2D eigenvalue weighted by molar-refractivity contribution is -0.123. The number of carbonyl (C=O) groups is 1. The lowest BCUT2D eigenvalue weighted by atomic mass is 9.81. The molecule has 2 aliphatic rings. The van der Waals surface area contributed by atoms with Crippen LogP contribution in [0.5, 0.6) is 0 Å². The second kappa shape index (κ2) is 5.90. The van der Waals surface area contributed by atoms with Crippen LogP contribution in [-0.2, 0) is 9.53 Å². The van der Waals surface area contributed by atoms with Gasteiger partial charge in [-0.25, -0.2) is 0 Å². The van der Waals surface area contributed by atoms with Gasteiger partial charge >= 0.3 is 0 Å². The van der Waals surface area contributed by atoms with Gasteiger partial charge in [-0.3, -0.25) is 9.80 Å². The summed E-state index contributed by atoms with van der Waals surface area (Å²) in [7, 11) is 0. The Morgan fingerprint density at radius 3 is 2.16 bits per heavy atom. The molecule has 2 saturated heterocycles. The fourth-order valence-corrected chi connectivity index (χ4v) is 3.11. The lowest BCUT2D eigenvalue weighted by Crippen LogP contribution is -2.55. The average Bonchev–Trinajstić information content (AvgIpc) is 2.39.